The highest BCUT2D eigenvalue weighted by Crippen LogP contribution is 2.34. The lowest BCUT2D eigenvalue weighted by Gasteiger charge is -2.13. The largest absolute Gasteiger partial charge is 0.494 e. The molecule has 3 heterocycles. The van der Waals surface area contributed by atoms with Crippen LogP contribution < -0.4 is 10.1 Å². The minimum absolute atomic E-state index is 0.368. The van der Waals surface area contributed by atoms with E-state index in [0.717, 1.165) is 23.7 Å². The molecule has 0 bridgehead atoms. The number of anilines is 1. The Kier molecular flexibility index (Phi) is 5.37. The van der Waals surface area contributed by atoms with E-state index in [0.29, 0.717) is 40.3 Å². The van der Waals surface area contributed by atoms with Gasteiger partial charge in [-0.15, -0.1) is 0 Å². The van der Waals surface area contributed by atoms with Gasteiger partial charge in [0, 0.05) is 17.1 Å². The van der Waals surface area contributed by atoms with Crippen LogP contribution in [0.2, 0.25) is 0 Å². The molecule has 0 saturated heterocycles. The zero-order valence-corrected chi connectivity index (χ0v) is 16.6. The fourth-order valence-electron chi connectivity index (χ4n) is 3.01. The van der Waals surface area contributed by atoms with Crippen molar-refractivity contribution in [3.05, 3.63) is 65.9 Å². The fraction of sp³-hybridized carbons (Fsp3) is 0.190. The first-order valence-corrected chi connectivity index (χ1v) is 9.24. The van der Waals surface area contributed by atoms with Crippen LogP contribution in [0.3, 0.4) is 0 Å². The number of hydrogen-bond acceptors (Lipinski definition) is 7. The van der Waals surface area contributed by atoms with Crippen LogP contribution in [0.4, 0.5) is 19.0 Å². The van der Waals surface area contributed by atoms with Gasteiger partial charge >= 0.3 is 6.18 Å². The van der Waals surface area contributed by atoms with Crippen LogP contribution in [0.25, 0.3) is 22.2 Å². The monoisotopic (exact) mass is 426 g/mol. The lowest BCUT2D eigenvalue weighted by molar-refractivity contribution is -0.137. The minimum Gasteiger partial charge on any atom is -0.494 e. The molecule has 4 rings (SSSR count). The predicted molar refractivity (Wildman–Crippen MR) is 108 cm³/mol. The van der Waals surface area contributed by atoms with E-state index in [1.807, 2.05) is 19.1 Å². The number of aryl methyl sites for hydroxylation is 1. The molecule has 1 aromatic carbocycles. The van der Waals surface area contributed by atoms with Crippen LogP contribution in [0.15, 0.2) is 48.9 Å². The van der Waals surface area contributed by atoms with Gasteiger partial charge in [-0.25, -0.2) is 9.97 Å². The third-order valence-corrected chi connectivity index (χ3v) is 4.60. The van der Waals surface area contributed by atoms with Gasteiger partial charge in [-0.3, -0.25) is 4.98 Å². The molecule has 10 heteroatoms. The maximum Gasteiger partial charge on any atom is 0.417 e. The van der Waals surface area contributed by atoms with Gasteiger partial charge in [0.2, 0.25) is 0 Å². The molecule has 1 N–H and O–H groups in total. The number of benzene rings is 1. The summed E-state index contributed by atoms with van der Waals surface area (Å²) < 4.78 is 44.0. The summed E-state index contributed by atoms with van der Waals surface area (Å²) in [7, 11) is 1.50. The number of nitrogens with zero attached hydrogens (tertiary/aromatic N) is 5. The molecule has 0 aliphatic carbocycles. The van der Waals surface area contributed by atoms with E-state index in [1.54, 1.807) is 12.1 Å². The fourth-order valence-corrected chi connectivity index (χ4v) is 3.01. The Morgan fingerprint density at radius 3 is 2.48 bits per heavy atom. The zero-order valence-electron chi connectivity index (χ0n) is 16.6. The third kappa shape index (κ3) is 4.37. The Balaban J connectivity index is 1.72. The number of ether oxygens (including phenoxy) is 1. The molecule has 3 aromatic heterocycles. The average molecular weight is 426 g/mol. The van der Waals surface area contributed by atoms with Crippen molar-refractivity contribution in [3.8, 4) is 17.0 Å². The number of rotatable bonds is 5. The number of hydrogen-bond donors (Lipinski definition) is 1. The number of aromatic nitrogens is 5. The van der Waals surface area contributed by atoms with Gasteiger partial charge in [0.25, 0.3) is 0 Å². The summed E-state index contributed by atoms with van der Waals surface area (Å²) >= 11 is 0. The molecule has 0 radical (unpaired) electrons. The Hall–Kier alpha value is -3.82. The average Bonchev–Trinajstić information content (AvgIpc) is 2.77. The number of halogens is 3. The van der Waals surface area contributed by atoms with Gasteiger partial charge in [-0.05, 0) is 43.3 Å². The van der Waals surface area contributed by atoms with Crippen molar-refractivity contribution in [2.75, 3.05) is 12.4 Å². The van der Waals surface area contributed by atoms with Crippen molar-refractivity contribution in [1.82, 2.24) is 25.1 Å². The van der Waals surface area contributed by atoms with E-state index in [2.05, 4.69) is 30.5 Å². The molecule has 4 aromatic rings. The van der Waals surface area contributed by atoms with Crippen molar-refractivity contribution < 1.29 is 17.9 Å². The normalized spacial score (nSPS) is 11.5. The minimum atomic E-state index is -4.45. The molecule has 158 valence electrons. The SMILES string of the molecule is COc1cc(-c2ccc(C(F)(F)F)cn2)cc2c(NCc3ccc(C)nn3)ncnc12. The van der Waals surface area contributed by atoms with Gasteiger partial charge in [-0.1, -0.05) is 0 Å². The molecular weight excluding hydrogens is 409 g/mol. The lowest BCUT2D eigenvalue weighted by atomic mass is 10.1. The summed E-state index contributed by atoms with van der Waals surface area (Å²) in [6, 6.07) is 9.48. The number of pyridine rings is 1. The van der Waals surface area contributed by atoms with E-state index in [4.69, 9.17) is 4.74 Å². The molecule has 0 atom stereocenters. The topological polar surface area (TPSA) is 85.7 Å². The second kappa shape index (κ2) is 8.13. The number of alkyl halides is 3. The lowest BCUT2D eigenvalue weighted by Crippen LogP contribution is -2.06. The molecule has 7 nitrogen and oxygen atoms in total. The van der Waals surface area contributed by atoms with Gasteiger partial charge in [0.1, 0.15) is 23.4 Å². The molecule has 0 saturated carbocycles. The van der Waals surface area contributed by atoms with Crippen LogP contribution >= 0.6 is 0 Å². The highest BCUT2D eigenvalue weighted by atomic mass is 19.4. The predicted octanol–water partition coefficient (Wildman–Crippen LogP) is 4.43. The van der Waals surface area contributed by atoms with Crippen molar-refractivity contribution in [3.63, 3.8) is 0 Å². The zero-order chi connectivity index (χ0) is 22.0. The van der Waals surface area contributed by atoms with Crippen molar-refractivity contribution in [1.29, 1.82) is 0 Å². The standard InChI is InChI=1S/C21H17F3N6O/c1-12-3-5-15(30-29-12)10-26-20-16-7-13(8-18(31-2)19(16)27-11-28-20)17-6-4-14(9-25-17)21(22,23)24/h3-9,11H,10H2,1-2H3,(H,26,27,28). The van der Waals surface area contributed by atoms with Gasteiger partial charge in [0.15, 0.2) is 0 Å². The Morgan fingerprint density at radius 2 is 1.84 bits per heavy atom. The summed E-state index contributed by atoms with van der Waals surface area (Å²) in [6.07, 6.45) is -2.23. The second-order valence-electron chi connectivity index (χ2n) is 6.75. The summed E-state index contributed by atoms with van der Waals surface area (Å²) in [5, 5.41) is 12.0. The molecule has 0 fully saturated rings. The van der Waals surface area contributed by atoms with Gasteiger partial charge in [0.05, 0.1) is 36.3 Å². The van der Waals surface area contributed by atoms with Crippen LogP contribution in [0, 0.1) is 6.92 Å². The summed E-state index contributed by atoms with van der Waals surface area (Å²) in [6.45, 7) is 2.23. The highest BCUT2D eigenvalue weighted by Gasteiger charge is 2.30. The Labute approximate surface area is 175 Å². The van der Waals surface area contributed by atoms with Crippen molar-refractivity contribution in [2.24, 2.45) is 0 Å². The summed E-state index contributed by atoms with van der Waals surface area (Å²) in [5.74, 6) is 0.981. The van der Waals surface area contributed by atoms with Crippen molar-refractivity contribution in [2.45, 2.75) is 19.6 Å². The van der Waals surface area contributed by atoms with E-state index in [-0.39, 0.29) is 0 Å². The maximum absolute atomic E-state index is 12.9. The van der Waals surface area contributed by atoms with Gasteiger partial charge < -0.3 is 10.1 Å². The van der Waals surface area contributed by atoms with Crippen LogP contribution in [-0.4, -0.2) is 32.3 Å². The highest BCUT2D eigenvalue weighted by molar-refractivity contribution is 5.96. The number of methoxy groups -OCH3 is 1. The molecule has 0 aliphatic heterocycles. The van der Waals surface area contributed by atoms with Gasteiger partial charge in [-0.2, -0.15) is 23.4 Å². The summed E-state index contributed by atoms with van der Waals surface area (Å²) in [5.41, 5.74) is 2.23. The second-order valence-corrected chi connectivity index (χ2v) is 6.75. The Bertz CT molecular complexity index is 1210. The maximum atomic E-state index is 12.9. The molecule has 31 heavy (non-hydrogen) atoms. The molecule has 0 unspecified atom stereocenters. The molecule has 0 amide bonds. The third-order valence-electron chi connectivity index (χ3n) is 4.60. The Morgan fingerprint density at radius 1 is 1.00 bits per heavy atom. The summed E-state index contributed by atoms with van der Waals surface area (Å²) in [4.78, 5) is 12.6. The van der Waals surface area contributed by atoms with E-state index >= 15 is 0 Å². The number of nitrogens with one attached hydrogen (secondary N) is 1. The van der Waals surface area contributed by atoms with E-state index in [9.17, 15) is 13.2 Å². The molecular formula is C21H17F3N6O. The number of fused-ring (bicyclic) bond motifs is 1. The van der Waals surface area contributed by atoms with Crippen LogP contribution in [0.1, 0.15) is 17.0 Å². The first kappa shape index (κ1) is 20.5. The van der Waals surface area contributed by atoms with Crippen molar-refractivity contribution >= 4 is 16.7 Å². The smallest absolute Gasteiger partial charge is 0.417 e. The molecule has 0 spiro atoms. The molecule has 0 aliphatic rings. The van der Waals surface area contributed by atoms with E-state index < -0.39 is 11.7 Å². The first-order chi connectivity index (χ1) is 14.8. The quantitative estimate of drug-likeness (QED) is 0.505. The first-order valence-electron chi connectivity index (χ1n) is 9.24. The van der Waals surface area contributed by atoms with Crippen LogP contribution in [-0.2, 0) is 12.7 Å². The van der Waals surface area contributed by atoms with E-state index in [1.165, 1.54) is 19.5 Å². The van der Waals surface area contributed by atoms with Crippen LogP contribution in [0.5, 0.6) is 5.75 Å².